The molecule has 5 nitrogen and oxygen atoms in total. The second-order valence-corrected chi connectivity index (χ2v) is 6.69. The minimum Gasteiger partial charge on any atom is -0.496 e. The molecule has 7 heteroatoms. The maximum atomic E-state index is 11.6. The highest BCUT2D eigenvalue weighted by atomic mass is 35.7. The van der Waals surface area contributed by atoms with Gasteiger partial charge >= 0.3 is 5.97 Å². The average Bonchev–Trinajstić information content (AvgIpc) is 2.26. The summed E-state index contributed by atoms with van der Waals surface area (Å²) < 4.78 is 32.6. The zero-order valence-electron chi connectivity index (χ0n) is 10.8. The number of ether oxygens (including phenoxy) is 2. The third-order valence-corrected chi connectivity index (χ3v) is 3.59. The smallest absolute Gasteiger partial charge is 0.310 e. The number of esters is 1. The molecule has 1 aromatic rings. The van der Waals surface area contributed by atoms with Gasteiger partial charge in [0.2, 0.25) is 0 Å². The standard InChI is InChI=1S/C12H15ClO5S/c1-8(2)18-12(14)7-9-6-10(19(13,15)16)4-5-11(9)17-3/h4-6,8H,7H2,1-3H3. The molecular formula is C12H15ClO5S. The number of halogens is 1. The fourth-order valence-electron chi connectivity index (χ4n) is 1.50. The van der Waals surface area contributed by atoms with E-state index in [4.69, 9.17) is 20.2 Å². The third-order valence-electron chi connectivity index (χ3n) is 2.24. The summed E-state index contributed by atoms with van der Waals surface area (Å²) >= 11 is 0. The highest BCUT2D eigenvalue weighted by Crippen LogP contribution is 2.25. The van der Waals surface area contributed by atoms with Crippen molar-refractivity contribution in [2.45, 2.75) is 31.3 Å². The van der Waals surface area contributed by atoms with E-state index in [1.54, 1.807) is 13.8 Å². The molecule has 0 saturated carbocycles. The molecule has 0 aliphatic rings. The first-order valence-corrected chi connectivity index (χ1v) is 7.86. The Morgan fingerprint density at radius 2 is 2.00 bits per heavy atom. The third kappa shape index (κ3) is 4.72. The summed E-state index contributed by atoms with van der Waals surface area (Å²) in [6.45, 7) is 3.46. The molecule has 0 fully saturated rings. The van der Waals surface area contributed by atoms with Gasteiger partial charge in [-0.3, -0.25) is 4.79 Å². The summed E-state index contributed by atoms with van der Waals surface area (Å²) in [5.41, 5.74) is 0.412. The second kappa shape index (κ2) is 6.25. The molecule has 0 radical (unpaired) electrons. The number of benzene rings is 1. The number of rotatable bonds is 5. The predicted molar refractivity (Wildman–Crippen MR) is 71.0 cm³/mol. The number of hydrogen-bond donors (Lipinski definition) is 0. The maximum Gasteiger partial charge on any atom is 0.310 e. The Morgan fingerprint density at radius 1 is 1.37 bits per heavy atom. The van der Waals surface area contributed by atoms with Crippen LogP contribution in [0.1, 0.15) is 19.4 Å². The summed E-state index contributed by atoms with van der Waals surface area (Å²) in [5, 5.41) is 0. The molecule has 0 N–H and O–H groups in total. The Labute approximate surface area is 116 Å². The van der Waals surface area contributed by atoms with Gasteiger partial charge in [-0.05, 0) is 32.0 Å². The molecule has 0 aromatic heterocycles. The fraction of sp³-hybridized carbons (Fsp3) is 0.417. The predicted octanol–water partition coefficient (Wildman–Crippen LogP) is 2.12. The first-order valence-electron chi connectivity index (χ1n) is 5.55. The molecule has 1 aromatic carbocycles. The van der Waals surface area contributed by atoms with Crippen LogP contribution in [0.3, 0.4) is 0 Å². The Balaban J connectivity index is 3.07. The van der Waals surface area contributed by atoms with Crippen molar-refractivity contribution in [2.75, 3.05) is 7.11 Å². The summed E-state index contributed by atoms with van der Waals surface area (Å²) in [7, 11) is 2.85. The van der Waals surface area contributed by atoms with E-state index < -0.39 is 15.0 Å². The van der Waals surface area contributed by atoms with Crippen molar-refractivity contribution >= 4 is 25.7 Å². The molecule has 1 rings (SSSR count). The van der Waals surface area contributed by atoms with Crippen LogP contribution in [0.2, 0.25) is 0 Å². The maximum absolute atomic E-state index is 11.6. The van der Waals surface area contributed by atoms with Crippen molar-refractivity contribution < 1.29 is 22.7 Å². The van der Waals surface area contributed by atoms with Crippen LogP contribution in [0.15, 0.2) is 23.1 Å². The largest absolute Gasteiger partial charge is 0.496 e. The van der Waals surface area contributed by atoms with Crippen LogP contribution in [-0.2, 0) is 25.0 Å². The second-order valence-electron chi connectivity index (χ2n) is 4.13. The van der Waals surface area contributed by atoms with E-state index in [2.05, 4.69) is 0 Å². The Bertz CT molecular complexity index is 565. The Kier molecular flexibility index (Phi) is 5.20. The highest BCUT2D eigenvalue weighted by Gasteiger charge is 2.16. The zero-order valence-corrected chi connectivity index (χ0v) is 12.4. The van der Waals surface area contributed by atoms with E-state index in [0.29, 0.717) is 11.3 Å². The summed E-state index contributed by atoms with van der Waals surface area (Å²) in [6, 6.07) is 4.08. The SMILES string of the molecule is COc1ccc(S(=O)(=O)Cl)cc1CC(=O)OC(C)C. The quantitative estimate of drug-likeness (QED) is 0.615. The molecule has 0 atom stereocenters. The summed E-state index contributed by atoms with van der Waals surface area (Å²) in [6.07, 6.45) is -0.319. The van der Waals surface area contributed by atoms with E-state index in [9.17, 15) is 13.2 Å². The van der Waals surface area contributed by atoms with Crippen molar-refractivity contribution in [1.82, 2.24) is 0 Å². The molecule has 19 heavy (non-hydrogen) atoms. The van der Waals surface area contributed by atoms with Crippen LogP contribution in [0.5, 0.6) is 5.75 Å². The van der Waals surface area contributed by atoms with Gasteiger partial charge < -0.3 is 9.47 Å². The molecule has 0 amide bonds. The van der Waals surface area contributed by atoms with E-state index in [0.717, 1.165) is 0 Å². The Hall–Kier alpha value is -1.27. The number of carbonyl (C=O) groups is 1. The van der Waals surface area contributed by atoms with Crippen molar-refractivity contribution in [1.29, 1.82) is 0 Å². The van der Waals surface area contributed by atoms with Gasteiger partial charge in [-0.15, -0.1) is 0 Å². The van der Waals surface area contributed by atoms with Gasteiger partial charge in [0.25, 0.3) is 9.05 Å². The lowest BCUT2D eigenvalue weighted by atomic mass is 10.1. The lowest BCUT2D eigenvalue weighted by Gasteiger charge is -2.11. The van der Waals surface area contributed by atoms with Crippen LogP contribution in [0.4, 0.5) is 0 Å². The van der Waals surface area contributed by atoms with E-state index in [-0.39, 0.29) is 17.4 Å². The van der Waals surface area contributed by atoms with E-state index in [1.807, 2.05) is 0 Å². The molecule has 0 bridgehead atoms. The van der Waals surface area contributed by atoms with Gasteiger partial charge in [-0.1, -0.05) is 0 Å². The summed E-state index contributed by atoms with van der Waals surface area (Å²) in [5.74, 6) is -0.0535. The first-order chi connectivity index (χ1) is 8.74. The van der Waals surface area contributed by atoms with E-state index in [1.165, 1.54) is 25.3 Å². The normalized spacial score (nSPS) is 11.4. The van der Waals surface area contributed by atoms with Crippen molar-refractivity contribution in [3.8, 4) is 5.75 Å². The molecule has 0 spiro atoms. The van der Waals surface area contributed by atoms with Crippen molar-refractivity contribution in [3.05, 3.63) is 23.8 Å². The molecule has 0 aliphatic carbocycles. The summed E-state index contributed by atoms with van der Waals surface area (Å²) in [4.78, 5) is 11.5. The molecule has 106 valence electrons. The molecule has 0 heterocycles. The first kappa shape index (κ1) is 15.8. The van der Waals surface area contributed by atoms with Gasteiger partial charge in [0, 0.05) is 16.2 Å². The minimum absolute atomic E-state index is 0.0812. The number of carbonyl (C=O) groups excluding carboxylic acids is 1. The minimum atomic E-state index is -3.84. The molecule has 0 saturated heterocycles. The van der Waals surface area contributed by atoms with Crippen LogP contribution in [0, 0.1) is 0 Å². The highest BCUT2D eigenvalue weighted by molar-refractivity contribution is 8.13. The average molecular weight is 307 g/mol. The molecule has 0 aliphatic heterocycles. The lowest BCUT2D eigenvalue weighted by molar-refractivity contribution is -0.146. The number of methoxy groups -OCH3 is 1. The van der Waals surface area contributed by atoms with Crippen LogP contribution in [-0.4, -0.2) is 27.6 Å². The van der Waals surface area contributed by atoms with E-state index >= 15 is 0 Å². The monoisotopic (exact) mass is 306 g/mol. The molecule has 0 unspecified atom stereocenters. The van der Waals surface area contributed by atoms with Crippen LogP contribution >= 0.6 is 10.7 Å². The van der Waals surface area contributed by atoms with Gasteiger partial charge in [0.05, 0.1) is 24.5 Å². The van der Waals surface area contributed by atoms with Crippen LogP contribution in [0.25, 0.3) is 0 Å². The van der Waals surface area contributed by atoms with Crippen molar-refractivity contribution in [3.63, 3.8) is 0 Å². The number of hydrogen-bond acceptors (Lipinski definition) is 5. The zero-order chi connectivity index (χ0) is 14.6. The Morgan fingerprint density at radius 3 is 2.47 bits per heavy atom. The van der Waals surface area contributed by atoms with Gasteiger partial charge in [0.15, 0.2) is 0 Å². The topological polar surface area (TPSA) is 69.7 Å². The molecular weight excluding hydrogens is 292 g/mol. The van der Waals surface area contributed by atoms with Crippen molar-refractivity contribution in [2.24, 2.45) is 0 Å². The van der Waals surface area contributed by atoms with Gasteiger partial charge in [-0.2, -0.15) is 0 Å². The van der Waals surface area contributed by atoms with Gasteiger partial charge in [-0.25, -0.2) is 8.42 Å². The lowest BCUT2D eigenvalue weighted by Crippen LogP contribution is -2.14. The van der Waals surface area contributed by atoms with Crippen LogP contribution < -0.4 is 4.74 Å². The fourth-order valence-corrected chi connectivity index (χ4v) is 2.31. The van der Waals surface area contributed by atoms with Gasteiger partial charge in [0.1, 0.15) is 5.75 Å².